The lowest BCUT2D eigenvalue weighted by atomic mass is 9.77. The van der Waals surface area contributed by atoms with Gasteiger partial charge in [-0.2, -0.15) is 13.1 Å². The quantitative estimate of drug-likeness (QED) is 0.306. The van der Waals surface area contributed by atoms with Crippen LogP contribution in [0.1, 0.15) is 43.2 Å². The Morgan fingerprint density at radius 3 is 1.76 bits per heavy atom. The second kappa shape index (κ2) is 11.2. The van der Waals surface area contributed by atoms with Gasteiger partial charge in [-0.3, -0.25) is 0 Å². The van der Waals surface area contributed by atoms with E-state index >= 15 is 0 Å². The highest BCUT2D eigenvalue weighted by atomic mass is 32.2. The van der Waals surface area contributed by atoms with Crippen LogP contribution in [0.15, 0.2) is 104 Å². The van der Waals surface area contributed by atoms with E-state index in [1.165, 1.54) is 0 Å². The third-order valence-electron chi connectivity index (χ3n) is 5.89. The predicted molar refractivity (Wildman–Crippen MR) is 147 cm³/mol. The van der Waals surface area contributed by atoms with Crippen molar-refractivity contribution in [3.63, 3.8) is 0 Å². The molecule has 9 heteroatoms. The minimum absolute atomic E-state index is 0.0458. The molecule has 0 unspecified atom stereocenters. The van der Waals surface area contributed by atoms with Crippen molar-refractivity contribution in [1.82, 2.24) is 19.0 Å². The molecule has 8 nitrogen and oxygen atoms in total. The van der Waals surface area contributed by atoms with Crippen molar-refractivity contribution in [2.45, 2.75) is 38.3 Å². The summed E-state index contributed by atoms with van der Waals surface area (Å²) in [6.07, 6.45) is 2.99. The van der Waals surface area contributed by atoms with Gasteiger partial charge in [0.15, 0.2) is 0 Å². The van der Waals surface area contributed by atoms with Crippen molar-refractivity contribution in [3.05, 3.63) is 126 Å². The first-order chi connectivity index (χ1) is 18.1. The number of ether oxygens (including phenoxy) is 1. The van der Waals surface area contributed by atoms with E-state index in [-0.39, 0.29) is 6.54 Å². The molecule has 4 rings (SSSR count). The van der Waals surface area contributed by atoms with Crippen molar-refractivity contribution in [1.29, 1.82) is 0 Å². The third kappa shape index (κ3) is 6.30. The highest BCUT2D eigenvalue weighted by Gasteiger charge is 2.38. The molecule has 0 aliphatic carbocycles. The summed E-state index contributed by atoms with van der Waals surface area (Å²) in [6.45, 7) is 5.01. The number of aromatic nitrogens is 2. The van der Waals surface area contributed by atoms with Crippen LogP contribution in [-0.2, 0) is 26.9 Å². The Kier molecular flexibility index (Phi) is 7.99. The molecule has 38 heavy (non-hydrogen) atoms. The van der Waals surface area contributed by atoms with Crippen molar-refractivity contribution in [2.24, 2.45) is 0 Å². The van der Waals surface area contributed by atoms with Crippen LogP contribution in [0.4, 0.5) is 4.79 Å². The van der Waals surface area contributed by atoms with Gasteiger partial charge in [0.25, 0.3) is 0 Å². The van der Waals surface area contributed by atoms with Crippen molar-refractivity contribution in [3.8, 4) is 0 Å². The molecule has 1 amide bonds. The van der Waals surface area contributed by atoms with Gasteiger partial charge in [-0.15, -0.1) is 0 Å². The molecule has 2 N–H and O–H groups in total. The number of benzene rings is 3. The van der Waals surface area contributed by atoms with Crippen LogP contribution in [-0.4, -0.2) is 36.2 Å². The monoisotopic (exact) mass is 532 g/mol. The molecule has 0 bridgehead atoms. The summed E-state index contributed by atoms with van der Waals surface area (Å²) in [5.74, 6) is 0. The zero-order valence-corrected chi connectivity index (χ0v) is 22.5. The first-order valence-corrected chi connectivity index (χ1v) is 13.8. The van der Waals surface area contributed by atoms with Gasteiger partial charge in [0.2, 0.25) is 0 Å². The fraction of sp³-hybridized carbons (Fsp3) is 0.241. The third-order valence-corrected chi connectivity index (χ3v) is 6.91. The summed E-state index contributed by atoms with van der Waals surface area (Å²) in [4.78, 5) is 16.5. The average molecular weight is 533 g/mol. The molecule has 0 atom stereocenters. The lowest BCUT2D eigenvalue weighted by molar-refractivity contribution is 0.0569. The van der Waals surface area contributed by atoms with Gasteiger partial charge >= 0.3 is 16.3 Å². The normalized spacial score (nSPS) is 12.2. The first-order valence-electron chi connectivity index (χ1n) is 12.3. The van der Waals surface area contributed by atoms with Crippen LogP contribution in [0.25, 0.3) is 0 Å². The van der Waals surface area contributed by atoms with Gasteiger partial charge in [-0.1, -0.05) is 91.0 Å². The molecule has 0 saturated carbocycles. The minimum Gasteiger partial charge on any atom is -0.443 e. The van der Waals surface area contributed by atoms with Crippen molar-refractivity contribution < 1.29 is 17.9 Å². The second-order valence-corrected chi connectivity index (χ2v) is 11.3. The zero-order chi connectivity index (χ0) is 27.2. The van der Waals surface area contributed by atoms with Crippen LogP contribution < -0.4 is 9.44 Å². The predicted octanol–water partition coefficient (Wildman–Crippen LogP) is 4.62. The molecular formula is C29H32N4O4S. The number of carbonyl (C=O) groups excluding carboxylic acids is 1. The van der Waals surface area contributed by atoms with Crippen molar-refractivity contribution >= 4 is 16.3 Å². The Bertz CT molecular complexity index is 1350. The SMILES string of the molecule is CC(C)(C)OC(=O)NS(=O)(=O)NCCc1cn(C(c2ccccc2)(c2ccccc2)c2ccccc2)cn1. The molecule has 4 aromatic rings. The lowest BCUT2D eigenvalue weighted by Crippen LogP contribution is -2.43. The van der Waals surface area contributed by atoms with E-state index in [1.807, 2.05) is 65.5 Å². The first kappa shape index (κ1) is 27.1. The maximum absolute atomic E-state index is 12.3. The standard InChI is InChI=1S/C29H32N4O4S/c1-28(2,3)37-27(34)32-38(35,36)31-20-19-26-21-33(22-30-26)29(23-13-7-4-8-14-23,24-15-9-5-10-16-24)25-17-11-6-12-18-25/h4-18,21-22,31H,19-20H2,1-3H3,(H,32,34). The minimum atomic E-state index is -4.08. The number of nitrogens with zero attached hydrogens (tertiary/aromatic N) is 2. The van der Waals surface area contributed by atoms with Gasteiger partial charge in [0.1, 0.15) is 11.1 Å². The molecule has 1 heterocycles. The van der Waals surface area contributed by atoms with Crippen LogP contribution in [0.5, 0.6) is 0 Å². The molecule has 0 aliphatic heterocycles. The summed E-state index contributed by atoms with van der Waals surface area (Å²) >= 11 is 0. The van der Waals surface area contributed by atoms with E-state index in [0.29, 0.717) is 12.1 Å². The molecule has 0 saturated heterocycles. The number of carbonyl (C=O) groups is 1. The Balaban J connectivity index is 1.62. The highest BCUT2D eigenvalue weighted by molar-refractivity contribution is 7.88. The maximum atomic E-state index is 12.3. The highest BCUT2D eigenvalue weighted by Crippen LogP contribution is 2.40. The van der Waals surface area contributed by atoms with Gasteiger partial charge in [-0.25, -0.2) is 14.5 Å². The molecule has 0 aliphatic rings. The van der Waals surface area contributed by atoms with Crippen LogP contribution >= 0.6 is 0 Å². The van der Waals surface area contributed by atoms with Gasteiger partial charge in [0.05, 0.1) is 12.0 Å². The summed E-state index contributed by atoms with van der Waals surface area (Å²) in [7, 11) is -4.08. The Morgan fingerprint density at radius 2 is 1.32 bits per heavy atom. The van der Waals surface area contributed by atoms with Gasteiger partial charge in [-0.05, 0) is 37.5 Å². The lowest BCUT2D eigenvalue weighted by Gasteiger charge is -2.37. The van der Waals surface area contributed by atoms with E-state index in [4.69, 9.17) is 4.74 Å². The Hall–Kier alpha value is -3.95. The van der Waals surface area contributed by atoms with Crippen LogP contribution in [0.2, 0.25) is 0 Å². The number of amides is 1. The number of rotatable bonds is 9. The smallest absolute Gasteiger partial charge is 0.422 e. The van der Waals surface area contributed by atoms with Gasteiger partial charge < -0.3 is 9.30 Å². The summed E-state index contributed by atoms with van der Waals surface area (Å²) in [6, 6.07) is 30.6. The summed E-state index contributed by atoms with van der Waals surface area (Å²) in [5, 5.41) is 0. The zero-order valence-electron chi connectivity index (χ0n) is 21.7. The van der Waals surface area contributed by atoms with Crippen molar-refractivity contribution in [2.75, 3.05) is 6.54 Å². The Labute approximate surface area is 223 Å². The largest absolute Gasteiger partial charge is 0.443 e. The average Bonchev–Trinajstić information content (AvgIpc) is 3.34. The van der Waals surface area contributed by atoms with E-state index in [2.05, 4.69) is 50.7 Å². The number of imidazole rings is 1. The van der Waals surface area contributed by atoms with Crippen LogP contribution in [0, 0.1) is 0 Å². The van der Waals surface area contributed by atoms with E-state index in [0.717, 1.165) is 16.7 Å². The van der Waals surface area contributed by atoms with Crippen LogP contribution in [0.3, 0.4) is 0 Å². The number of hydrogen-bond donors (Lipinski definition) is 2. The molecule has 0 fully saturated rings. The molecule has 3 aromatic carbocycles. The fourth-order valence-corrected chi connectivity index (χ4v) is 5.12. The molecule has 0 spiro atoms. The van der Waals surface area contributed by atoms with E-state index < -0.39 is 27.4 Å². The fourth-order valence-electron chi connectivity index (χ4n) is 4.42. The number of hydrogen-bond acceptors (Lipinski definition) is 5. The molecule has 1 aromatic heterocycles. The number of nitrogens with one attached hydrogen (secondary N) is 2. The Morgan fingerprint density at radius 1 is 0.842 bits per heavy atom. The molecule has 0 radical (unpaired) electrons. The topological polar surface area (TPSA) is 102 Å². The summed E-state index contributed by atoms with van der Waals surface area (Å²) in [5.41, 5.74) is 2.36. The maximum Gasteiger partial charge on any atom is 0.422 e. The van der Waals surface area contributed by atoms with E-state index in [9.17, 15) is 13.2 Å². The second-order valence-electron chi connectivity index (χ2n) is 9.83. The van der Waals surface area contributed by atoms with E-state index in [1.54, 1.807) is 27.1 Å². The molecule has 198 valence electrons. The molecular weight excluding hydrogens is 500 g/mol. The van der Waals surface area contributed by atoms with Gasteiger partial charge in [0, 0.05) is 19.2 Å². The summed E-state index contributed by atoms with van der Waals surface area (Å²) < 4.78 is 35.9.